The van der Waals surface area contributed by atoms with Crippen LogP contribution in [0, 0.1) is 0 Å². The van der Waals surface area contributed by atoms with Crippen LogP contribution in [0.3, 0.4) is 0 Å². The van der Waals surface area contributed by atoms with Gasteiger partial charge in [0.15, 0.2) is 0 Å². The van der Waals surface area contributed by atoms with E-state index in [9.17, 15) is 4.79 Å². The van der Waals surface area contributed by atoms with Gasteiger partial charge in [0.25, 0.3) is 5.91 Å². The van der Waals surface area contributed by atoms with Crippen molar-refractivity contribution in [2.45, 2.75) is 13.0 Å². The van der Waals surface area contributed by atoms with E-state index in [1.54, 1.807) is 36.2 Å². The predicted octanol–water partition coefficient (Wildman–Crippen LogP) is 2.00. The fraction of sp³-hybridized carbons (Fsp3) is 0.167. The number of carbonyl (C=O) groups excluding carboxylic acids is 1. The molecule has 2 aromatic heterocycles. The zero-order valence-corrected chi connectivity index (χ0v) is 14.7. The second-order valence-corrected chi connectivity index (χ2v) is 5.92. The molecule has 2 N–H and O–H groups in total. The number of hydrogen-bond donors (Lipinski definition) is 2. The Kier molecular flexibility index (Phi) is 4.25. The summed E-state index contributed by atoms with van der Waals surface area (Å²) in [6, 6.07) is 12.3. The summed E-state index contributed by atoms with van der Waals surface area (Å²) in [6.07, 6.45) is 1.62. The molecule has 0 saturated carbocycles. The third-order valence-corrected chi connectivity index (χ3v) is 4.30. The van der Waals surface area contributed by atoms with Crippen LogP contribution in [0.2, 0.25) is 0 Å². The van der Waals surface area contributed by atoms with Crippen LogP contribution >= 0.6 is 0 Å². The SMILES string of the molecule is COc1ccccc1C1C(C(=O)Nc2ccccn2)=C(C)Nc2nnnn21. The molecule has 1 atom stereocenters. The van der Waals surface area contributed by atoms with E-state index in [2.05, 4.69) is 31.1 Å². The second kappa shape index (κ2) is 6.87. The maximum atomic E-state index is 13.1. The van der Waals surface area contributed by atoms with Crippen LogP contribution in [0.15, 0.2) is 59.9 Å². The van der Waals surface area contributed by atoms with Crippen molar-refractivity contribution >= 4 is 17.7 Å². The summed E-state index contributed by atoms with van der Waals surface area (Å²) >= 11 is 0. The van der Waals surface area contributed by atoms with Gasteiger partial charge in [0.1, 0.15) is 17.6 Å². The third-order valence-electron chi connectivity index (χ3n) is 4.30. The number of amides is 1. The topological polar surface area (TPSA) is 107 Å². The van der Waals surface area contributed by atoms with E-state index in [0.29, 0.717) is 28.8 Å². The van der Waals surface area contributed by atoms with Gasteiger partial charge in [-0.3, -0.25) is 4.79 Å². The average Bonchev–Trinajstić information content (AvgIpc) is 3.15. The number of anilines is 2. The summed E-state index contributed by atoms with van der Waals surface area (Å²) in [6.45, 7) is 1.81. The molecule has 1 amide bonds. The number of allylic oxidation sites excluding steroid dienone is 1. The van der Waals surface area contributed by atoms with Gasteiger partial charge in [-0.1, -0.05) is 29.4 Å². The zero-order valence-electron chi connectivity index (χ0n) is 14.7. The van der Waals surface area contributed by atoms with Gasteiger partial charge in [0.2, 0.25) is 5.95 Å². The lowest BCUT2D eigenvalue weighted by Gasteiger charge is -2.28. The molecule has 4 rings (SSSR count). The van der Waals surface area contributed by atoms with E-state index in [0.717, 1.165) is 5.56 Å². The predicted molar refractivity (Wildman–Crippen MR) is 98.1 cm³/mol. The fourth-order valence-electron chi connectivity index (χ4n) is 3.11. The van der Waals surface area contributed by atoms with Crippen molar-refractivity contribution in [1.29, 1.82) is 0 Å². The highest BCUT2D eigenvalue weighted by Gasteiger charge is 2.35. The molecular formula is C18H17N7O2. The molecule has 1 aliphatic rings. The number of nitrogens with zero attached hydrogens (tertiary/aromatic N) is 5. The van der Waals surface area contributed by atoms with Gasteiger partial charge in [-0.05, 0) is 35.5 Å². The Morgan fingerprint density at radius 2 is 2.04 bits per heavy atom. The van der Waals surface area contributed by atoms with Crippen LogP contribution in [-0.4, -0.2) is 38.2 Å². The Morgan fingerprint density at radius 1 is 1.22 bits per heavy atom. The van der Waals surface area contributed by atoms with Gasteiger partial charge in [-0.2, -0.15) is 4.68 Å². The lowest BCUT2D eigenvalue weighted by Crippen LogP contribution is -2.32. The largest absolute Gasteiger partial charge is 0.496 e. The van der Waals surface area contributed by atoms with Crippen molar-refractivity contribution in [2.75, 3.05) is 17.7 Å². The first-order valence-corrected chi connectivity index (χ1v) is 8.30. The maximum Gasteiger partial charge on any atom is 0.257 e. The molecule has 0 radical (unpaired) electrons. The molecule has 1 aromatic carbocycles. The van der Waals surface area contributed by atoms with Crippen molar-refractivity contribution in [3.8, 4) is 5.75 Å². The van der Waals surface area contributed by atoms with Gasteiger partial charge in [0, 0.05) is 17.5 Å². The Balaban J connectivity index is 1.81. The molecule has 1 aliphatic heterocycles. The van der Waals surface area contributed by atoms with E-state index in [-0.39, 0.29) is 5.91 Å². The van der Waals surface area contributed by atoms with Crippen molar-refractivity contribution < 1.29 is 9.53 Å². The number of nitrogens with one attached hydrogen (secondary N) is 2. The van der Waals surface area contributed by atoms with Crippen LogP contribution < -0.4 is 15.4 Å². The van der Waals surface area contributed by atoms with Crippen molar-refractivity contribution in [2.24, 2.45) is 0 Å². The summed E-state index contributed by atoms with van der Waals surface area (Å²) in [5.74, 6) is 1.26. The number of ether oxygens (including phenoxy) is 1. The average molecular weight is 363 g/mol. The number of aromatic nitrogens is 5. The number of rotatable bonds is 4. The highest BCUT2D eigenvalue weighted by atomic mass is 16.5. The number of hydrogen-bond acceptors (Lipinski definition) is 7. The van der Waals surface area contributed by atoms with Crippen LogP contribution in [0.1, 0.15) is 18.5 Å². The maximum absolute atomic E-state index is 13.1. The van der Waals surface area contributed by atoms with E-state index >= 15 is 0 Å². The van der Waals surface area contributed by atoms with Gasteiger partial charge in [-0.25, -0.2) is 4.98 Å². The van der Waals surface area contributed by atoms with Crippen molar-refractivity contribution in [3.05, 3.63) is 65.5 Å². The number of carbonyl (C=O) groups is 1. The summed E-state index contributed by atoms with van der Waals surface area (Å²) in [4.78, 5) is 17.3. The number of fused-ring (bicyclic) bond motifs is 1. The number of para-hydroxylation sites is 1. The highest BCUT2D eigenvalue weighted by Crippen LogP contribution is 2.38. The molecule has 0 aliphatic carbocycles. The smallest absolute Gasteiger partial charge is 0.257 e. The summed E-state index contributed by atoms with van der Waals surface area (Å²) in [7, 11) is 1.59. The van der Waals surface area contributed by atoms with Gasteiger partial charge < -0.3 is 15.4 Å². The number of pyridine rings is 1. The minimum Gasteiger partial charge on any atom is -0.496 e. The number of tetrazole rings is 1. The second-order valence-electron chi connectivity index (χ2n) is 5.92. The number of methoxy groups -OCH3 is 1. The Hall–Kier alpha value is -3.75. The zero-order chi connectivity index (χ0) is 18.8. The first-order chi connectivity index (χ1) is 13.2. The molecule has 0 fully saturated rings. The quantitative estimate of drug-likeness (QED) is 0.730. The minimum absolute atomic E-state index is 0.296. The van der Waals surface area contributed by atoms with Gasteiger partial charge >= 0.3 is 0 Å². The lowest BCUT2D eigenvalue weighted by molar-refractivity contribution is -0.113. The Bertz CT molecular complexity index is 1010. The Labute approximate surface area is 155 Å². The molecule has 136 valence electrons. The normalized spacial score (nSPS) is 15.7. The highest BCUT2D eigenvalue weighted by molar-refractivity contribution is 6.05. The first kappa shape index (κ1) is 16.7. The fourth-order valence-corrected chi connectivity index (χ4v) is 3.11. The summed E-state index contributed by atoms with van der Waals surface area (Å²) < 4.78 is 7.07. The summed E-state index contributed by atoms with van der Waals surface area (Å²) in [5.41, 5.74) is 1.91. The van der Waals surface area contributed by atoms with Crippen LogP contribution in [0.5, 0.6) is 5.75 Å². The van der Waals surface area contributed by atoms with Crippen molar-refractivity contribution in [1.82, 2.24) is 25.2 Å². The van der Waals surface area contributed by atoms with Crippen LogP contribution in [0.4, 0.5) is 11.8 Å². The van der Waals surface area contributed by atoms with Gasteiger partial charge in [0.05, 0.1) is 12.7 Å². The Morgan fingerprint density at radius 3 is 2.81 bits per heavy atom. The monoisotopic (exact) mass is 363 g/mol. The first-order valence-electron chi connectivity index (χ1n) is 8.30. The molecule has 3 heterocycles. The van der Waals surface area contributed by atoms with Crippen LogP contribution in [-0.2, 0) is 4.79 Å². The van der Waals surface area contributed by atoms with E-state index in [1.807, 2.05) is 31.2 Å². The molecule has 0 spiro atoms. The third kappa shape index (κ3) is 2.99. The van der Waals surface area contributed by atoms with E-state index < -0.39 is 6.04 Å². The standard InChI is InChI=1S/C18H17N7O2/c1-11-15(17(26)21-14-9-5-6-10-19-14)16(25-18(20-11)22-23-24-25)12-7-3-4-8-13(12)27-2/h3-10,16H,1-2H3,(H,19,21,26)(H,20,22,24). The molecular weight excluding hydrogens is 346 g/mol. The van der Waals surface area contributed by atoms with E-state index in [1.165, 1.54) is 0 Å². The van der Waals surface area contributed by atoms with Crippen molar-refractivity contribution in [3.63, 3.8) is 0 Å². The molecule has 27 heavy (non-hydrogen) atoms. The molecule has 1 unspecified atom stereocenters. The van der Waals surface area contributed by atoms with Gasteiger partial charge in [-0.15, -0.1) is 0 Å². The molecule has 9 nitrogen and oxygen atoms in total. The number of benzene rings is 1. The molecule has 3 aromatic rings. The summed E-state index contributed by atoms with van der Waals surface area (Å²) in [5, 5.41) is 17.7. The molecule has 0 bridgehead atoms. The lowest BCUT2D eigenvalue weighted by atomic mass is 9.94. The molecule has 0 saturated heterocycles. The minimum atomic E-state index is -0.545. The van der Waals surface area contributed by atoms with Crippen LogP contribution in [0.25, 0.3) is 0 Å². The molecule has 9 heteroatoms. The van der Waals surface area contributed by atoms with E-state index in [4.69, 9.17) is 4.74 Å².